The third-order valence-corrected chi connectivity index (χ3v) is 8.23. The SMILES string of the molecule is COC1C(Sc2cnc(C#N)c(Br)c2)OC(COC(C)=O)C(OC(C)=O)C1n1cc(-c2nc(Cl)cs2)nn1. The second kappa shape index (κ2) is 12.5. The number of aromatic nitrogens is 5. The van der Waals surface area contributed by atoms with Gasteiger partial charge in [0, 0.05) is 37.4 Å². The van der Waals surface area contributed by atoms with Crippen LogP contribution < -0.4 is 0 Å². The average Bonchev–Trinajstić information content (AvgIpc) is 3.52. The lowest BCUT2D eigenvalue weighted by atomic mass is 9.96. The van der Waals surface area contributed by atoms with Crippen molar-refractivity contribution < 1.29 is 28.5 Å². The number of methoxy groups -OCH3 is 1. The van der Waals surface area contributed by atoms with Crippen LogP contribution in [0.15, 0.2) is 33.2 Å². The molecule has 0 spiro atoms. The molecule has 1 aliphatic heterocycles. The fraction of sp³-hybridized carbons (Fsp3) is 0.409. The second-order valence-electron chi connectivity index (χ2n) is 7.90. The molecule has 16 heteroatoms. The summed E-state index contributed by atoms with van der Waals surface area (Å²) in [6, 6.07) is 3.00. The first kappa shape index (κ1) is 28.4. The first-order valence-corrected chi connectivity index (χ1v) is 13.9. The summed E-state index contributed by atoms with van der Waals surface area (Å²) in [4.78, 5) is 32.8. The monoisotopic (exact) mass is 642 g/mol. The number of nitrogens with zero attached hydrogens (tertiary/aromatic N) is 6. The highest BCUT2D eigenvalue weighted by molar-refractivity contribution is 9.10. The Kier molecular flexibility index (Phi) is 9.34. The lowest BCUT2D eigenvalue weighted by molar-refractivity contribution is -0.208. The van der Waals surface area contributed by atoms with Gasteiger partial charge in [-0.05, 0) is 22.0 Å². The second-order valence-corrected chi connectivity index (χ2v) is 11.2. The number of nitriles is 1. The summed E-state index contributed by atoms with van der Waals surface area (Å²) in [5.74, 6) is -1.08. The topological polar surface area (TPSA) is 151 Å². The van der Waals surface area contributed by atoms with Gasteiger partial charge < -0.3 is 18.9 Å². The van der Waals surface area contributed by atoms with E-state index in [-0.39, 0.29) is 12.3 Å². The molecule has 0 bridgehead atoms. The third kappa shape index (κ3) is 6.50. The van der Waals surface area contributed by atoms with Gasteiger partial charge in [0.05, 0.1) is 10.7 Å². The van der Waals surface area contributed by atoms with Gasteiger partial charge >= 0.3 is 11.9 Å². The maximum absolute atomic E-state index is 12.1. The van der Waals surface area contributed by atoms with E-state index < -0.39 is 41.7 Å². The summed E-state index contributed by atoms with van der Waals surface area (Å²) in [7, 11) is 1.50. The summed E-state index contributed by atoms with van der Waals surface area (Å²) >= 11 is 11.9. The molecule has 3 aromatic heterocycles. The van der Waals surface area contributed by atoms with Gasteiger partial charge in [-0.2, -0.15) is 5.26 Å². The van der Waals surface area contributed by atoms with Gasteiger partial charge in [0.15, 0.2) is 11.8 Å². The Morgan fingerprint density at radius 2 is 2.13 bits per heavy atom. The number of hydrogen-bond donors (Lipinski definition) is 0. The van der Waals surface area contributed by atoms with E-state index in [2.05, 4.69) is 36.2 Å². The molecule has 200 valence electrons. The number of halogens is 2. The Morgan fingerprint density at radius 3 is 2.74 bits per heavy atom. The van der Waals surface area contributed by atoms with Gasteiger partial charge in [0.25, 0.3) is 0 Å². The molecule has 5 unspecified atom stereocenters. The number of thioether (sulfide) groups is 1. The van der Waals surface area contributed by atoms with E-state index in [1.807, 2.05) is 6.07 Å². The van der Waals surface area contributed by atoms with Crippen molar-refractivity contribution in [1.29, 1.82) is 5.26 Å². The molecule has 3 aromatic rings. The van der Waals surface area contributed by atoms with Crippen molar-refractivity contribution in [2.75, 3.05) is 13.7 Å². The Hall–Kier alpha value is -2.61. The zero-order valence-electron chi connectivity index (χ0n) is 20.1. The minimum atomic E-state index is -0.950. The summed E-state index contributed by atoms with van der Waals surface area (Å²) < 4.78 is 25.1. The maximum Gasteiger partial charge on any atom is 0.303 e. The van der Waals surface area contributed by atoms with Crippen LogP contribution in [0.1, 0.15) is 25.6 Å². The Labute approximate surface area is 238 Å². The normalized spacial score (nSPS) is 23.0. The standard InChI is InChI=1S/C22H20BrClN6O6S2/c1-10(31)34-8-16-19(35-11(2)32)18(30-7-15(28-29-30)21-27-17(24)9-37-21)20(33-3)22(36-16)38-12-4-13(23)14(5-25)26-6-12/h4,6-7,9,16,18-20,22H,8H2,1-3H3. The molecule has 1 aliphatic rings. The number of esters is 2. The molecule has 0 N–H and O–H groups in total. The van der Waals surface area contributed by atoms with Crippen LogP contribution in [0, 0.1) is 11.3 Å². The molecule has 0 saturated carbocycles. The number of carbonyl (C=O) groups is 2. The third-order valence-electron chi connectivity index (χ3n) is 5.33. The molecule has 4 rings (SSSR count). The van der Waals surface area contributed by atoms with Crippen LogP contribution in [-0.4, -0.2) is 74.4 Å². The van der Waals surface area contributed by atoms with Crippen molar-refractivity contribution in [3.05, 3.63) is 39.2 Å². The molecular weight excluding hydrogens is 624 g/mol. The minimum absolute atomic E-state index is 0.184. The highest BCUT2D eigenvalue weighted by Crippen LogP contribution is 2.41. The van der Waals surface area contributed by atoms with Crippen molar-refractivity contribution in [2.45, 2.75) is 48.5 Å². The van der Waals surface area contributed by atoms with Gasteiger partial charge in [-0.3, -0.25) is 9.59 Å². The molecule has 1 saturated heterocycles. The summed E-state index contributed by atoms with van der Waals surface area (Å²) in [6.07, 6.45) is 0.653. The molecule has 0 aliphatic carbocycles. The van der Waals surface area contributed by atoms with Crippen LogP contribution in [0.5, 0.6) is 0 Å². The molecule has 5 atom stereocenters. The van der Waals surface area contributed by atoms with Gasteiger partial charge in [-0.25, -0.2) is 14.6 Å². The van der Waals surface area contributed by atoms with Crippen LogP contribution in [0.4, 0.5) is 0 Å². The predicted molar refractivity (Wildman–Crippen MR) is 139 cm³/mol. The van der Waals surface area contributed by atoms with Crippen molar-refractivity contribution in [3.8, 4) is 16.8 Å². The maximum atomic E-state index is 12.1. The van der Waals surface area contributed by atoms with Crippen LogP contribution >= 0.6 is 50.6 Å². The number of pyridine rings is 1. The largest absolute Gasteiger partial charge is 0.463 e. The molecule has 4 heterocycles. The Morgan fingerprint density at radius 1 is 1.34 bits per heavy atom. The summed E-state index contributed by atoms with van der Waals surface area (Å²) in [5, 5.41) is 20.3. The van der Waals surface area contributed by atoms with E-state index in [1.54, 1.807) is 17.6 Å². The molecule has 12 nitrogen and oxygen atoms in total. The smallest absolute Gasteiger partial charge is 0.303 e. The van der Waals surface area contributed by atoms with Crippen molar-refractivity contribution in [2.24, 2.45) is 0 Å². The summed E-state index contributed by atoms with van der Waals surface area (Å²) in [5.41, 5.74) is 0.00640. The van der Waals surface area contributed by atoms with Gasteiger partial charge in [0.1, 0.15) is 52.2 Å². The molecule has 0 aromatic carbocycles. The molecule has 1 fully saturated rings. The Bertz CT molecular complexity index is 1370. The van der Waals surface area contributed by atoms with E-state index in [1.165, 1.54) is 54.9 Å². The molecular formula is C22H20BrClN6O6S2. The quantitative estimate of drug-likeness (QED) is 0.330. The minimum Gasteiger partial charge on any atom is -0.463 e. The van der Waals surface area contributed by atoms with E-state index in [0.717, 1.165) is 0 Å². The van der Waals surface area contributed by atoms with Crippen molar-refractivity contribution in [1.82, 2.24) is 25.0 Å². The molecule has 38 heavy (non-hydrogen) atoms. The Balaban J connectivity index is 1.74. The van der Waals surface area contributed by atoms with E-state index in [4.69, 9.17) is 30.5 Å². The van der Waals surface area contributed by atoms with Crippen LogP contribution in [-0.2, 0) is 28.5 Å². The number of carbonyl (C=O) groups excluding carboxylic acids is 2. The number of ether oxygens (including phenoxy) is 4. The fourth-order valence-electron chi connectivity index (χ4n) is 3.81. The molecule has 0 radical (unpaired) electrons. The van der Waals surface area contributed by atoms with E-state index in [9.17, 15) is 14.9 Å². The van der Waals surface area contributed by atoms with E-state index in [0.29, 0.717) is 25.2 Å². The lowest BCUT2D eigenvalue weighted by Crippen LogP contribution is -2.57. The van der Waals surface area contributed by atoms with Crippen LogP contribution in [0.2, 0.25) is 5.15 Å². The lowest BCUT2D eigenvalue weighted by Gasteiger charge is -2.44. The molecule has 0 amide bonds. The number of hydrogen-bond acceptors (Lipinski definition) is 13. The van der Waals surface area contributed by atoms with Crippen LogP contribution in [0.25, 0.3) is 10.7 Å². The van der Waals surface area contributed by atoms with Gasteiger partial charge in [-0.15, -0.1) is 16.4 Å². The fourth-order valence-corrected chi connectivity index (χ4v) is 6.46. The highest BCUT2D eigenvalue weighted by Gasteiger charge is 2.50. The van der Waals surface area contributed by atoms with Crippen LogP contribution in [0.3, 0.4) is 0 Å². The van der Waals surface area contributed by atoms with Gasteiger partial charge in [0.2, 0.25) is 0 Å². The van der Waals surface area contributed by atoms with Crippen molar-refractivity contribution in [3.63, 3.8) is 0 Å². The first-order chi connectivity index (χ1) is 18.2. The summed E-state index contributed by atoms with van der Waals surface area (Å²) in [6.45, 7) is 2.36. The highest BCUT2D eigenvalue weighted by atomic mass is 79.9. The van der Waals surface area contributed by atoms with Gasteiger partial charge in [-0.1, -0.05) is 28.6 Å². The predicted octanol–water partition coefficient (Wildman–Crippen LogP) is 3.65. The average molecular weight is 644 g/mol. The van der Waals surface area contributed by atoms with E-state index >= 15 is 0 Å². The number of thiazole rings is 1. The first-order valence-electron chi connectivity index (χ1n) is 10.9. The zero-order valence-corrected chi connectivity index (χ0v) is 24.1. The number of rotatable bonds is 8. The zero-order chi connectivity index (χ0) is 27.4. The van der Waals surface area contributed by atoms with Crippen molar-refractivity contribution >= 4 is 62.6 Å².